The van der Waals surface area contributed by atoms with Gasteiger partial charge < -0.3 is 0 Å². The van der Waals surface area contributed by atoms with E-state index in [-0.39, 0.29) is 18.2 Å². The third-order valence-electron chi connectivity index (χ3n) is 3.43. The summed E-state index contributed by atoms with van der Waals surface area (Å²) >= 11 is 0. The van der Waals surface area contributed by atoms with E-state index < -0.39 is 0 Å². The summed E-state index contributed by atoms with van der Waals surface area (Å²) in [6, 6.07) is 0. The van der Waals surface area contributed by atoms with Gasteiger partial charge in [0.15, 0.2) is 5.78 Å². The molecule has 0 atom stereocenters. The van der Waals surface area contributed by atoms with Crippen LogP contribution in [0, 0.1) is 0 Å². The molecular formula is C19H32ClNO. The van der Waals surface area contributed by atoms with Gasteiger partial charge in [0.2, 0.25) is 0 Å². The number of Topliss-reactive ketones (excluding diaryl/α,β-unsaturated/α-hetero) is 1. The van der Waals surface area contributed by atoms with E-state index in [1.807, 2.05) is 19.1 Å². The monoisotopic (exact) mass is 325 g/mol. The van der Waals surface area contributed by atoms with Crippen LogP contribution in [0.25, 0.3) is 0 Å². The minimum Gasteiger partial charge on any atom is -0.299 e. The second kappa shape index (κ2) is 14.8. The average molecular weight is 326 g/mol. The molecule has 0 aromatic rings. The summed E-state index contributed by atoms with van der Waals surface area (Å²) in [4.78, 5) is 14.1. The number of allylic oxidation sites excluding steroid dienone is 4. The highest BCUT2D eigenvalue weighted by atomic mass is 35.5. The van der Waals surface area contributed by atoms with Crippen LogP contribution < -0.4 is 0 Å². The molecule has 0 aromatic heterocycles. The van der Waals surface area contributed by atoms with Gasteiger partial charge in [-0.05, 0) is 52.2 Å². The molecule has 0 saturated carbocycles. The Kier molecular flexibility index (Phi) is 15.6. The van der Waals surface area contributed by atoms with Crippen LogP contribution in [-0.2, 0) is 4.79 Å². The molecule has 0 aliphatic heterocycles. The zero-order valence-corrected chi connectivity index (χ0v) is 15.3. The lowest BCUT2D eigenvalue weighted by Crippen LogP contribution is -2.18. The van der Waals surface area contributed by atoms with E-state index >= 15 is 0 Å². The molecular weight excluding hydrogens is 294 g/mol. The number of halogens is 1. The number of hydrogen-bond donors (Lipinski definition) is 0. The zero-order valence-electron chi connectivity index (χ0n) is 14.4. The Labute approximate surface area is 143 Å². The SMILES string of the molecule is C=CCCCC(=O)/C(C)=C/CC/C(C)=C/CN(C)CC=C.Cl. The van der Waals surface area contributed by atoms with Crippen LogP contribution in [0.3, 0.4) is 0 Å². The first-order valence-electron chi connectivity index (χ1n) is 7.77. The van der Waals surface area contributed by atoms with E-state index in [9.17, 15) is 4.79 Å². The number of unbranched alkanes of at least 4 members (excludes halogenated alkanes) is 1. The van der Waals surface area contributed by atoms with Crippen LogP contribution in [0.1, 0.15) is 46.0 Å². The number of carbonyl (C=O) groups excluding carboxylic acids is 1. The molecule has 126 valence electrons. The fourth-order valence-electron chi connectivity index (χ4n) is 1.94. The topological polar surface area (TPSA) is 20.3 Å². The lowest BCUT2D eigenvalue weighted by Gasteiger charge is -2.11. The van der Waals surface area contributed by atoms with Crippen LogP contribution >= 0.6 is 12.4 Å². The molecule has 3 heteroatoms. The summed E-state index contributed by atoms with van der Waals surface area (Å²) in [6.07, 6.45) is 12.5. The van der Waals surface area contributed by atoms with Crippen LogP contribution in [-0.4, -0.2) is 30.8 Å². The Morgan fingerprint density at radius 3 is 2.27 bits per heavy atom. The molecule has 0 N–H and O–H groups in total. The lowest BCUT2D eigenvalue weighted by molar-refractivity contribution is -0.115. The summed E-state index contributed by atoms with van der Waals surface area (Å²) in [7, 11) is 2.08. The van der Waals surface area contributed by atoms with Gasteiger partial charge in [-0.15, -0.1) is 25.6 Å². The maximum atomic E-state index is 11.8. The van der Waals surface area contributed by atoms with Crippen LogP contribution in [0.2, 0.25) is 0 Å². The summed E-state index contributed by atoms with van der Waals surface area (Å²) in [5, 5.41) is 0. The van der Waals surface area contributed by atoms with Crippen LogP contribution in [0.15, 0.2) is 48.6 Å². The van der Waals surface area contributed by atoms with Gasteiger partial charge in [-0.25, -0.2) is 0 Å². The van der Waals surface area contributed by atoms with Crippen molar-refractivity contribution in [2.45, 2.75) is 46.0 Å². The first kappa shape index (κ1) is 23.2. The molecule has 0 aliphatic rings. The van der Waals surface area contributed by atoms with Gasteiger partial charge in [0, 0.05) is 19.5 Å². The predicted molar refractivity (Wildman–Crippen MR) is 101 cm³/mol. The molecule has 0 heterocycles. The van der Waals surface area contributed by atoms with Crippen molar-refractivity contribution in [3.05, 3.63) is 48.6 Å². The first-order valence-corrected chi connectivity index (χ1v) is 7.77. The number of likely N-dealkylation sites (N-methyl/N-ethyl adjacent to an activating group) is 1. The zero-order chi connectivity index (χ0) is 16.1. The molecule has 0 bridgehead atoms. The van der Waals surface area contributed by atoms with Crippen LogP contribution in [0.4, 0.5) is 0 Å². The van der Waals surface area contributed by atoms with Crippen molar-refractivity contribution in [3.8, 4) is 0 Å². The van der Waals surface area contributed by atoms with Crippen molar-refractivity contribution in [1.29, 1.82) is 0 Å². The van der Waals surface area contributed by atoms with Crippen molar-refractivity contribution >= 4 is 18.2 Å². The van der Waals surface area contributed by atoms with E-state index in [4.69, 9.17) is 0 Å². The number of hydrogen-bond acceptors (Lipinski definition) is 2. The largest absolute Gasteiger partial charge is 0.299 e. The quantitative estimate of drug-likeness (QED) is 0.282. The average Bonchev–Trinajstić information content (AvgIpc) is 2.45. The third-order valence-corrected chi connectivity index (χ3v) is 3.43. The summed E-state index contributed by atoms with van der Waals surface area (Å²) < 4.78 is 0. The van der Waals surface area contributed by atoms with Crippen molar-refractivity contribution in [2.24, 2.45) is 0 Å². The minimum atomic E-state index is 0. The highest BCUT2D eigenvalue weighted by Crippen LogP contribution is 2.10. The maximum absolute atomic E-state index is 11.8. The smallest absolute Gasteiger partial charge is 0.158 e. The molecule has 0 fully saturated rings. The van der Waals surface area contributed by atoms with Crippen LogP contribution in [0.5, 0.6) is 0 Å². The molecule has 0 spiro atoms. The van der Waals surface area contributed by atoms with Gasteiger partial charge in [-0.1, -0.05) is 29.9 Å². The number of nitrogens with zero attached hydrogens (tertiary/aromatic N) is 1. The van der Waals surface area contributed by atoms with Crippen molar-refractivity contribution in [1.82, 2.24) is 4.90 Å². The first-order chi connectivity index (χ1) is 10.0. The lowest BCUT2D eigenvalue weighted by atomic mass is 10.0. The fourth-order valence-corrected chi connectivity index (χ4v) is 1.94. The Bertz CT molecular complexity index is 396. The van der Waals surface area contributed by atoms with E-state index in [1.54, 1.807) is 0 Å². The third kappa shape index (κ3) is 12.6. The van der Waals surface area contributed by atoms with E-state index in [2.05, 4.69) is 44.2 Å². The Morgan fingerprint density at radius 1 is 1.00 bits per heavy atom. The summed E-state index contributed by atoms with van der Waals surface area (Å²) in [5.74, 6) is 0.268. The molecule has 0 aliphatic carbocycles. The van der Waals surface area contributed by atoms with Gasteiger partial charge in [0.1, 0.15) is 0 Å². The molecule has 0 aromatic carbocycles. The van der Waals surface area contributed by atoms with Gasteiger partial charge in [-0.3, -0.25) is 9.69 Å². The number of carbonyl (C=O) groups is 1. The summed E-state index contributed by atoms with van der Waals surface area (Å²) in [5.41, 5.74) is 2.27. The van der Waals surface area contributed by atoms with E-state index in [1.165, 1.54) is 5.57 Å². The van der Waals surface area contributed by atoms with Gasteiger partial charge >= 0.3 is 0 Å². The predicted octanol–water partition coefficient (Wildman–Crippen LogP) is 5.12. The molecule has 0 radical (unpaired) electrons. The van der Waals surface area contributed by atoms with E-state index in [0.29, 0.717) is 6.42 Å². The highest BCUT2D eigenvalue weighted by molar-refractivity contribution is 5.94. The normalized spacial score (nSPS) is 12.0. The standard InChI is InChI=1S/C19H31NO.ClH/c1-6-8-9-13-19(21)18(4)12-10-11-17(3)14-16-20(5)15-7-2;/h6-7,12,14H,1-2,8-11,13,15-16H2,3-5H3;1H/b17-14+,18-12+;. The van der Waals surface area contributed by atoms with Crippen molar-refractivity contribution in [2.75, 3.05) is 20.1 Å². The molecule has 0 rings (SSSR count). The molecule has 2 nitrogen and oxygen atoms in total. The summed E-state index contributed by atoms with van der Waals surface area (Å²) in [6.45, 7) is 13.3. The second-order valence-corrected chi connectivity index (χ2v) is 5.59. The van der Waals surface area contributed by atoms with Crippen molar-refractivity contribution in [3.63, 3.8) is 0 Å². The van der Waals surface area contributed by atoms with E-state index in [0.717, 1.165) is 44.3 Å². The molecule has 22 heavy (non-hydrogen) atoms. The van der Waals surface area contributed by atoms with Gasteiger partial charge in [0.05, 0.1) is 0 Å². The number of rotatable bonds is 12. The Balaban J connectivity index is 0. The number of ketones is 1. The fraction of sp³-hybridized carbons (Fsp3) is 0.526. The maximum Gasteiger partial charge on any atom is 0.158 e. The highest BCUT2D eigenvalue weighted by Gasteiger charge is 2.03. The molecule has 0 saturated heterocycles. The van der Waals surface area contributed by atoms with Crippen molar-refractivity contribution < 1.29 is 4.79 Å². The molecule has 0 unspecified atom stereocenters. The van der Waals surface area contributed by atoms with Gasteiger partial charge in [-0.2, -0.15) is 0 Å². The Hall–Kier alpha value is -1.12. The minimum absolute atomic E-state index is 0. The molecule has 0 amide bonds. The Morgan fingerprint density at radius 2 is 1.68 bits per heavy atom. The van der Waals surface area contributed by atoms with Gasteiger partial charge in [0.25, 0.3) is 0 Å². The second-order valence-electron chi connectivity index (χ2n) is 5.59.